The van der Waals surface area contributed by atoms with E-state index in [0.717, 1.165) is 63.9 Å². The highest BCUT2D eigenvalue weighted by molar-refractivity contribution is 7.80. The summed E-state index contributed by atoms with van der Waals surface area (Å²) >= 11 is 5.50. The molecule has 0 unspecified atom stereocenters. The molecule has 0 bridgehead atoms. The first kappa shape index (κ1) is 24.5. The lowest BCUT2D eigenvalue weighted by Crippen LogP contribution is -2.47. The Morgan fingerprint density at radius 1 is 1.03 bits per heavy atom. The zero-order chi connectivity index (χ0) is 23.8. The first-order valence-electron chi connectivity index (χ1n) is 12.3. The predicted octanol–water partition coefficient (Wildman–Crippen LogP) is 3.36. The van der Waals surface area contributed by atoms with Crippen molar-refractivity contribution in [2.75, 3.05) is 79.5 Å². The fourth-order valence-corrected chi connectivity index (χ4v) is 4.79. The Hall–Kier alpha value is -2.65. The third-order valence-corrected chi connectivity index (χ3v) is 6.69. The van der Waals surface area contributed by atoms with Crippen LogP contribution in [0.1, 0.15) is 26.2 Å². The van der Waals surface area contributed by atoms with Crippen LogP contribution in [0.2, 0.25) is 0 Å². The highest BCUT2D eigenvalue weighted by atomic mass is 32.1. The molecule has 1 atom stereocenters. The summed E-state index contributed by atoms with van der Waals surface area (Å²) in [4.78, 5) is 16.9. The van der Waals surface area contributed by atoms with Gasteiger partial charge in [-0.15, -0.1) is 0 Å². The second-order valence-corrected chi connectivity index (χ2v) is 9.55. The zero-order valence-electron chi connectivity index (χ0n) is 20.4. The van der Waals surface area contributed by atoms with E-state index < -0.39 is 0 Å². The van der Waals surface area contributed by atoms with E-state index in [4.69, 9.17) is 26.9 Å². The Kier molecular flexibility index (Phi) is 8.76. The number of piperidine rings is 1. The standard InChI is InChI=1S/C25H37N7OS/c1-20-8-6-12-32(19-20)23-18-22(27-24(28-23)29-25(34)26-11-7-17-33-2)31-15-13-30(14-16-31)21-9-4-3-5-10-21/h3-5,9-10,18,20H,6-8,11-17,19H2,1-2H3,(H2,26,27,28,29,34)/t20-/m0/s1. The van der Waals surface area contributed by atoms with Gasteiger partial charge in [-0.1, -0.05) is 25.1 Å². The van der Waals surface area contributed by atoms with Crippen LogP contribution < -0.4 is 25.3 Å². The van der Waals surface area contributed by atoms with Gasteiger partial charge in [-0.2, -0.15) is 9.97 Å². The van der Waals surface area contributed by atoms with E-state index in [2.05, 4.69) is 68.7 Å². The molecule has 0 amide bonds. The number of hydrogen-bond donors (Lipinski definition) is 2. The average molecular weight is 484 g/mol. The fourth-order valence-electron chi connectivity index (χ4n) is 4.60. The van der Waals surface area contributed by atoms with E-state index in [9.17, 15) is 0 Å². The van der Waals surface area contributed by atoms with Crippen LogP contribution in [0.25, 0.3) is 0 Å². The molecule has 4 rings (SSSR count). The van der Waals surface area contributed by atoms with Crippen molar-refractivity contribution in [3.8, 4) is 0 Å². The maximum absolute atomic E-state index is 5.50. The first-order valence-corrected chi connectivity index (χ1v) is 12.8. The van der Waals surface area contributed by atoms with Gasteiger partial charge < -0.3 is 30.1 Å². The topological polar surface area (TPSA) is 68.8 Å². The smallest absolute Gasteiger partial charge is 0.232 e. The molecule has 0 spiro atoms. The first-order chi connectivity index (χ1) is 16.6. The number of thiocarbonyl (C=S) groups is 1. The summed E-state index contributed by atoms with van der Waals surface area (Å²) in [7, 11) is 1.71. The van der Waals surface area contributed by atoms with Gasteiger partial charge in [-0.3, -0.25) is 0 Å². The maximum atomic E-state index is 5.50. The minimum Gasteiger partial charge on any atom is -0.385 e. The molecule has 3 heterocycles. The number of ether oxygens (including phenoxy) is 1. The van der Waals surface area contributed by atoms with E-state index in [-0.39, 0.29) is 0 Å². The van der Waals surface area contributed by atoms with Crippen molar-refractivity contribution in [2.45, 2.75) is 26.2 Å². The third-order valence-electron chi connectivity index (χ3n) is 6.44. The molecule has 1 aromatic heterocycles. The van der Waals surface area contributed by atoms with Crippen LogP contribution in [-0.2, 0) is 4.74 Å². The molecule has 2 aliphatic heterocycles. The van der Waals surface area contributed by atoms with Crippen molar-refractivity contribution in [2.24, 2.45) is 5.92 Å². The second-order valence-electron chi connectivity index (χ2n) is 9.14. The summed E-state index contributed by atoms with van der Waals surface area (Å²) in [5, 5.41) is 6.98. The minimum atomic E-state index is 0.542. The van der Waals surface area contributed by atoms with Crippen molar-refractivity contribution in [1.82, 2.24) is 15.3 Å². The second kappa shape index (κ2) is 12.2. The SMILES string of the molecule is COCCCNC(=S)Nc1nc(N2CCN(c3ccccc3)CC2)cc(N2CCC[C@H](C)C2)n1. The molecular weight excluding hydrogens is 446 g/mol. The van der Waals surface area contributed by atoms with Crippen LogP contribution in [0.15, 0.2) is 36.4 Å². The van der Waals surface area contributed by atoms with Gasteiger partial charge in [0, 0.05) is 71.3 Å². The van der Waals surface area contributed by atoms with Gasteiger partial charge in [0.05, 0.1) is 0 Å². The largest absolute Gasteiger partial charge is 0.385 e. The summed E-state index contributed by atoms with van der Waals surface area (Å²) in [5.74, 6) is 3.16. The van der Waals surface area contributed by atoms with E-state index in [1.54, 1.807) is 7.11 Å². The molecule has 0 radical (unpaired) electrons. The monoisotopic (exact) mass is 483 g/mol. The summed E-state index contributed by atoms with van der Waals surface area (Å²) in [6.45, 7) is 9.58. The lowest BCUT2D eigenvalue weighted by Gasteiger charge is -2.37. The van der Waals surface area contributed by atoms with Gasteiger partial charge in [0.2, 0.25) is 5.95 Å². The number of aromatic nitrogens is 2. The van der Waals surface area contributed by atoms with E-state index in [1.807, 2.05) is 0 Å². The molecule has 184 valence electrons. The van der Waals surface area contributed by atoms with Gasteiger partial charge in [0.1, 0.15) is 11.6 Å². The number of para-hydroxylation sites is 1. The molecule has 34 heavy (non-hydrogen) atoms. The quantitative estimate of drug-likeness (QED) is 0.434. The van der Waals surface area contributed by atoms with Crippen LogP contribution in [0.4, 0.5) is 23.3 Å². The highest BCUT2D eigenvalue weighted by Crippen LogP contribution is 2.27. The molecule has 2 saturated heterocycles. The normalized spacial score (nSPS) is 18.6. The number of benzene rings is 1. The van der Waals surface area contributed by atoms with E-state index in [1.165, 1.54) is 18.5 Å². The summed E-state index contributed by atoms with van der Waals surface area (Å²) in [6, 6.07) is 12.8. The number of nitrogens with zero attached hydrogens (tertiary/aromatic N) is 5. The van der Waals surface area contributed by atoms with Gasteiger partial charge in [-0.05, 0) is 49.5 Å². The van der Waals surface area contributed by atoms with Crippen LogP contribution in [0.5, 0.6) is 0 Å². The van der Waals surface area contributed by atoms with Gasteiger partial charge in [0.15, 0.2) is 5.11 Å². The molecular formula is C25H37N7OS. The number of piperazine rings is 1. The highest BCUT2D eigenvalue weighted by Gasteiger charge is 2.23. The molecule has 1 aromatic carbocycles. The number of hydrogen-bond acceptors (Lipinski definition) is 7. The molecule has 2 N–H and O–H groups in total. The van der Waals surface area contributed by atoms with E-state index >= 15 is 0 Å². The van der Waals surface area contributed by atoms with Gasteiger partial charge in [-0.25, -0.2) is 0 Å². The van der Waals surface area contributed by atoms with Crippen molar-refractivity contribution < 1.29 is 4.74 Å². The molecule has 9 heteroatoms. The predicted molar refractivity (Wildman–Crippen MR) is 144 cm³/mol. The summed E-state index contributed by atoms with van der Waals surface area (Å²) in [6.07, 6.45) is 3.36. The summed E-state index contributed by atoms with van der Waals surface area (Å²) in [5.41, 5.74) is 1.28. The van der Waals surface area contributed by atoms with Gasteiger partial charge >= 0.3 is 0 Å². The Morgan fingerprint density at radius 3 is 2.44 bits per heavy atom. The Morgan fingerprint density at radius 2 is 1.74 bits per heavy atom. The van der Waals surface area contributed by atoms with Crippen molar-refractivity contribution >= 4 is 40.6 Å². The average Bonchev–Trinajstić information content (AvgIpc) is 2.87. The summed E-state index contributed by atoms with van der Waals surface area (Å²) < 4.78 is 5.11. The van der Waals surface area contributed by atoms with Crippen molar-refractivity contribution in [3.05, 3.63) is 36.4 Å². The number of methoxy groups -OCH3 is 1. The molecule has 2 aromatic rings. The number of anilines is 4. The Balaban J connectivity index is 1.47. The number of nitrogens with one attached hydrogen (secondary N) is 2. The van der Waals surface area contributed by atoms with Crippen LogP contribution >= 0.6 is 12.2 Å². The molecule has 2 aliphatic rings. The third kappa shape index (κ3) is 6.70. The lowest BCUT2D eigenvalue weighted by atomic mass is 10.0. The molecule has 2 fully saturated rings. The Bertz CT molecular complexity index is 921. The van der Waals surface area contributed by atoms with E-state index in [0.29, 0.717) is 23.6 Å². The fraction of sp³-hybridized carbons (Fsp3) is 0.560. The zero-order valence-corrected chi connectivity index (χ0v) is 21.2. The van der Waals surface area contributed by atoms with Crippen LogP contribution in [0, 0.1) is 5.92 Å². The van der Waals surface area contributed by atoms with Crippen molar-refractivity contribution in [1.29, 1.82) is 0 Å². The van der Waals surface area contributed by atoms with Crippen LogP contribution in [0.3, 0.4) is 0 Å². The lowest BCUT2D eigenvalue weighted by molar-refractivity contribution is 0.196. The molecule has 0 aliphatic carbocycles. The number of rotatable bonds is 8. The van der Waals surface area contributed by atoms with Gasteiger partial charge in [0.25, 0.3) is 0 Å². The maximum Gasteiger partial charge on any atom is 0.232 e. The van der Waals surface area contributed by atoms with Crippen molar-refractivity contribution in [3.63, 3.8) is 0 Å². The molecule has 0 saturated carbocycles. The van der Waals surface area contributed by atoms with Crippen LogP contribution in [-0.4, -0.2) is 74.6 Å². The molecule has 8 nitrogen and oxygen atoms in total. The minimum absolute atomic E-state index is 0.542. The Labute approximate surface area is 208 Å².